The van der Waals surface area contributed by atoms with Crippen molar-refractivity contribution in [2.45, 2.75) is 6.61 Å². The molecule has 4 rings (SSSR count). The molecule has 4 aromatic rings. The summed E-state index contributed by atoms with van der Waals surface area (Å²) < 4.78 is 11.3. The van der Waals surface area contributed by atoms with Crippen molar-refractivity contribution in [3.05, 3.63) is 87.3 Å². The van der Waals surface area contributed by atoms with E-state index >= 15 is 0 Å². The van der Waals surface area contributed by atoms with Crippen molar-refractivity contribution >= 4 is 34.5 Å². The molecule has 0 aliphatic rings. The molecule has 3 aromatic carbocycles. The van der Waals surface area contributed by atoms with Gasteiger partial charge in [0.2, 0.25) is 0 Å². The fourth-order valence-electron chi connectivity index (χ4n) is 2.88. The van der Waals surface area contributed by atoms with Crippen LogP contribution in [0.4, 0.5) is 5.69 Å². The van der Waals surface area contributed by atoms with Crippen molar-refractivity contribution in [1.29, 1.82) is 0 Å². The second-order valence-electron chi connectivity index (χ2n) is 6.39. The Hall–Kier alpha value is -3.51. The zero-order valence-electron chi connectivity index (χ0n) is 15.6. The summed E-state index contributed by atoms with van der Waals surface area (Å²) in [4.78, 5) is 21.3. The van der Waals surface area contributed by atoms with Gasteiger partial charge in [-0.3, -0.25) is 4.99 Å². The van der Waals surface area contributed by atoms with Gasteiger partial charge in [-0.15, -0.1) is 0 Å². The van der Waals surface area contributed by atoms with Gasteiger partial charge in [-0.05, 0) is 59.7 Å². The van der Waals surface area contributed by atoms with Crippen LogP contribution in [0.3, 0.4) is 0 Å². The number of hydrogen-bond acceptors (Lipinski definition) is 4. The zero-order chi connectivity index (χ0) is 20.2. The molecule has 0 amide bonds. The van der Waals surface area contributed by atoms with E-state index in [0.717, 1.165) is 22.3 Å². The number of aromatic amines is 2. The molecule has 0 saturated heterocycles. The molecule has 2 N–H and O–H groups in total. The lowest BCUT2D eigenvalue weighted by Gasteiger charge is -2.11. The number of hydrogen-bond donors (Lipinski definition) is 2. The monoisotopic (exact) mass is 407 g/mol. The number of aromatic nitrogens is 2. The molecule has 0 bridgehead atoms. The van der Waals surface area contributed by atoms with Crippen molar-refractivity contribution in [2.75, 3.05) is 7.11 Å². The van der Waals surface area contributed by atoms with Crippen LogP contribution >= 0.6 is 11.6 Å². The second-order valence-corrected chi connectivity index (χ2v) is 6.83. The van der Waals surface area contributed by atoms with Gasteiger partial charge in [-0.25, -0.2) is 4.79 Å². The lowest BCUT2D eigenvalue weighted by atomic mass is 10.2. The number of halogens is 1. The second kappa shape index (κ2) is 8.24. The highest BCUT2D eigenvalue weighted by atomic mass is 35.5. The van der Waals surface area contributed by atoms with Crippen LogP contribution < -0.4 is 15.2 Å². The number of nitrogens with zero attached hydrogens (tertiary/aromatic N) is 1. The van der Waals surface area contributed by atoms with Gasteiger partial charge in [0.25, 0.3) is 0 Å². The quantitative estimate of drug-likeness (QED) is 0.448. The largest absolute Gasteiger partial charge is 0.493 e. The Bertz CT molecular complexity index is 1230. The van der Waals surface area contributed by atoms with Gasteiger partial charge in [-0.2, -0.15) is 0 Å². The van der Waals surface area contributed by atoms with Crippen molar-refractivity contribution in [3.8, 4) is 11.5 Å². The number of aliphatic imine (C=N–C) groups is 1. The molecule has 0 radical (unpaired) electrons. The molecule has 6 nitrogen and oxygen atoms in total. The Balaban J connectivity index is 1.49. The Morgan fingerprint density at radius 3 is 2.55 bits per heavy atom. The van der Waals surface area contributed by atoms with Crippen LogP contribution in [0.15, 0.2) is 70.5 Å². The average molecular weight is 408 g/mol. The Kier molecular flexibility index (Phi) is 5.35. The van der Waals surface area contributed by atoms with Gasteiger partial charge in [0.1, 0.15) is 6.61 Å². The molecule has 0 fully saturated rings. The molecule has 29 heavy (non-hydrogen) atoms. The molecule has 1 heterocycles. The molecule has 0 spiro atoms. The van der Waals surface area contributed by atoms with Crippen LogP contribution in [0.2, 0.25) is 5.02 Å². The van der Waals surface area contributed by atoms with Crippen molar-refractivity contribution < 1.29 is 9.47 Å². The summed E-state index contributed by atoms with van der Waals surface area (Å²) in [5.41, 5.74) is 3.84. The van der Waals surface area contributed by atoms with E-state index in [2.05, 4.69) is 15.0 Å². The van der Waals surface area contributed by atoms with Crippen LogP contribution in [-0.2, 0) is 6.61 Å². The highest BCUT2D eigenvalue weighted by Gasteiger charge is 2.06. The standard InChI is InChI=1S/C22H18ClN3O3/c1-28-21-10-15(4-9-20(21)29-13-14-2-5-16(23)6-3-14)12-24-17-7-8-18-19(11-17)26-22(27)25-18/h2-12H,13H2,1H3,(H2,25,26,27). The molecule has 1 aromatic heterocycles. The van der Waals surface area contributed by atoms with Gasteiger partial charge < -0.3 is 19.4 Å². The van der Waals surface area contributed by atoms with Crippen molar-refractivity contribution in [1.82, 2.24) is 9.97 Å². The number of nitrogens with one attached hydrogen (secondary N) is 2. The molecular formula is C22H18ClN3O3. The van der Waals surface area contributed by atoms with E-state index in [1.54, 1.807) is 13.3 Å². The van der Waals surface area contributed by atoms with E-state index in [4.69, 9.17) is 21.1 Å². The fourth-order valence-corrected chi connectivity index (χ4v) is 3.00. The Morgan fingerprint density at radius 1 is 0.966 bits per heavy atom. The minimum absolute atomic E-state index is 0.236. The summed E-state index contributed by atoms with van der Waals surface area (Å²) in [6.07, 6.45) is 1.73. The highest BCUT2D eigenvalue weighted by molar-refractivity contribution is 6.30. The van der Waals surface area contributed by atoms with E-state index in [9.17, 15) is 4.79 Å². The number of imidazole rings is 1. The van der Waals surface area contributed by atoms with Crippen LogP contribution in [-0.4, -0.2) is 23.3 Å². The summed E-state index contributed by atoms with van der Waals surface area (Å²) in [6.45, 7) is 0.413. The van der Waals surface area contributed by atoms with Crippen LogP contribution in [0.1, 0.15) is 11.1 Å². The minimum atomic E-state index is -0.236. The van der Waals surface area contributed by atoms with Gasteiger partial charge >= 0.3 is 5.69 Å². The minimum Gasteiger partial charge on any atom is -0.493 e. The number of ether oxygens (including phenoxy) is 2. The van der Waals surface area contributed by atoms with Crippen LogP contribution in [0.25, 0.3) is 11.0 Å². The fraction of sp³-hybridized carbons (Fsp3) is 0.0909. The first kappa shape index (κ1) is 18.8. The Morgan fingerprint density at radius 2 is 1.76 bits per heavy atom. The number of fused-ring (bicyclic) bond motifs is 1. The number of benzene rings is 3. The highest BCUT2D eigenvalue weighted by Crippen LogP contribution is 2.29. The van der Waals surface area contributed by atoms with Gasteiger partial charge in [0.05, 0.1) is 23.8 Å². The van der Waals surface area contributed by atoms with E-state index in [1.165, 1.54) is 0 Å². The normalized spacial score (nSPS) is 11.2. The molecule has 0 atom stereocenters. The van der Waals surface area contributed by atoms with E-state index in [-0.39, 0.29) is 5.69 Å². The molecule has 0 saturated carbocycles. The Labute approximate surface area is 171 Å². The first-order chi connectivity index (χ1) is 14.1. The van der Waals surface area contributed by atoms with Crippen LogP contribution in [0, 0.1) is 0 Å². The van der Waals surface area contributed by atoms with Gasteiger partial charge in [0, 0.05) is 11.2 Å². The summed E-state index contributed by atoms with van der Waals surface area (Å²) in [5.74, 6) is 1.26. The van der Waals surface area contributed by atoms with E-state index in [0.29, 0.717) is 28.6 Å². The molecule has 7 heteroatoms. The van der Waals surface area contributed by atoms with Gasteiger partial charge in [-0.1, -0.05) is 23.7 Å². The summed E-state index contributed by atoms with van der Waals surface area (Å²) in [6, 6.07) is 18.6. The summed E-state index contributed by atoms with van der Waals surface area (Å²) in [5, 5.41) is 0.692. The van der Waals surface area contributed by atoms with E-state index in [1.807, 2.05) is 60.7 Å². The molecule has 0 aliphatic carbocycles. The third-order valence-corrected chi connectivity index (χ3v) is 4.61. The molecule has 0 unspecified atom stereocenters. The molecule has 0 aliphatic heterocycles. The number of rotatable bonds is 6. The molecular weight excluding hydrogens is 390 g/mol. The third kappa shape index (κ3) is 4.50. The first-order valence-corrected chi connectivity index (χ1v) is 9.30. The summed E-state index contributed by atoms with van der Waals surface area (Å²) in [7, 11) is 1.60. The maximum atomic E-state index is 11.4. The third-order valence-electron chi connectivity index (χ3n) is 4.36. The van der Waals surface area contributed by atoms with E-state index < -0.39 is 0 Å². The smallest absolute Gasteiger partial charge is 0.323 e. The van der Waals surface area contributed by atoms with Crippen LogP contribution in [0.5, 0.6) is 11.5 Å². The maximum absolute atomic E-state index is 11.4. The lowest BCUT2D eigenvalue weighted by Crippen LogP contribution is -1.99. The van der Waals surface area contributed by atoms with Gasteiger partial charge in [0.15, 0.2) is 11.5 Å². The van der Waals surface area contributed by atoms with Crippen molar-refractivity contribution in [2.24, 2.45) is 4.99 Å². The lowest BCUT2D eigenvalue weighted by molar-refractivity contribution is 0.284. The predicted octanol–water partition coefficient (Wildman–Crippen LogP) is 4.85. The first-order valence-electron chi connectivity index (χ1n) is 8.92. The number of methoxy groups -OCH3 is 1. The average Bonchev–Trinajstić information content (AvgIpc) is 3.11. The number of H-pyrrole nitrogens is 2. The zero-order valence-corrected chi connectivity index (χ0v) is 16.4. The molecule has 146 valence electrons. The van der Waals surface area contributed by atoms with Crippen molar-refractivity contribution in [3.63, 3.8) is 0 Å². The maximum Gasteiger partial charge on any atom is 0.323 e. The SMILES string of the molecule is COc1cc(C=Nc2ccc3[nH]c(=O)[nH]c3c2)ccc1OCc1ccc(Cl)cc1. The topological polar surface area (TPSA) is 79.5 Å². The predicted molar refractivity (Wildman–Crippen MR) is 115 cm³/mol. The summed E-state index contributed by atoms with van der Waals surface area (Å²) >= 11 is 5.91.